The Morgan fingerprint density at radius 1 is 1.00 bits per heavy atom. The van der Waals surface area contributed by atoms with Crippen LogP contribution in [-0.2, 0) is 0 Å². The van der Waals surface area contributed by atoms with E-state index in [2.05, 4.69) is 35.3 Å². The fourth-order valence-electron chi connectivity index (χ4n) is 1.73. The van der Waals surface area contributed by atoms with Crippen LogP contribution in [0, 0.1) is 6.07 Å². The Hall–Kier alpha value is -1.76. The molecule has 0 aliphatic heterocycles. The summed E-state index contributed by atoms with van der Waals surface area (Å²) >= 11 is 0. The molecule has 1 radical (unpaired) electrons. The third kappa shape index (κ3) is 0.872. The lowest BCUT2D eigenvalue weighted by molar-refractivity contribution is 1.48. The van der Waals surface area contributed by atoms with Gasteiger partial charge in [0.15, 0.2) is 0 Å². The minimum Gasteiger partial charge on any atom is -0.361 e. The number of aromatic amines is 1. The van der Waals surface area contributed by atoms with Crippen LogP contribution in [0.2, 0.25) is 0 Å². The van der Waals surface area contributed by atoms with Crippen molar-refractivity contribution >= 4 is 21.7 Å². The Morgan fingerprint density at radius 2 is 1.92 bits per heavy atom. The van der Waals surface area contributed by atoms with Gasteiger partial charge in [0.05, 0.1) is 0 Å². The van der Waals surface area contributed by atoms with Gasteiger partial charge in [0.2, 0.25) is 0 Å². The highest BCUT2D eigenvalue weighted by molar-refractivity contribution is 6.05. The van der Waals surface area contributed by atoms with Gasteiger partial charge in [-0.3, -0.25) is 0 Å². The molecule has 0 aliphatic carbocycles. The van der Waals surface area contributed by atoms with Crippen LogP contribution < -0.4 is 0 Å². The topological polar surface area (TPSA) is 15.8 Å². The number of hydrogen-bond donors (Lipinski definition) is 1. The molecule has 0 atom stereocenters. The number of aromatic nitrogens is 1. The minimum absolute atomic E-state index is 1.15. The van der Waals surface area contributed by atoms with Crippen molar-refractivity contribution in [1.29, 1.82) is 0 Å². The Morgan fingerprint density at radius 3 is 2.92 bits per heavy atom. The van der Waals surface area contributed by atoms with Gasteiger partial charge in [-0.05, 0) is 29.0 Å². The number of H-pyrrole nitrogens is 1. The largest absolute Gasteiger partial charge is 0.361 e. The minimum atomic E-state index is 1.15. The number of nitrogens with one attached hydrogen (secondary N) is 1. The van der Waals surface area contributed by atoms with Crippen LogP contribution in [0.25, 0.3) is 21.7 Å². The van der Waals surface area contributed by atoms with Crippen LogP contribution in [0.1, 0.15) is 0 Å². The predicted octanol–water partition coefficient (Wildman–Crippen LogP) is 3.12. The highest BCUT2D eigenvalue weighted by Crippen LogP contribution is 2.23. The van der Waals surface area contributed by atoms with Crippen molar-refractivity contribution in [2.24, 2.45) is 0 Å². The number of fused-ring (bicyclic) bond motifs is 3. The van der Waals surface area contributed by atoms with Crippen LogP contribution >= 0.6 is 0 Å². The Balaban J connectivity index is 2.65. The summed E-state index contributed by atoms with van der Waals surface area (Å²) in [5.74, 6) is 0. The second kappa shape index (κ2) is 2.36. The lowest BCUT2D eigenvalue weighted by Crippen LogP contribution is -1.73. The standard InChI is InChI=1S/C12H8N/c1-2-4-10-9(3-1)5-6-12-11(10)7-8-13-12/h1-4,6-8,13H. The van der Waals surface area contributed by atoms with Gasteiger partial charge in [-0.15, -0.1) is 0 Å². The molecule has 1 heterocycles. The van der Waals surface area contributed by atoms with E-state index in [9.17, 15) is 0 Å². The highest BCUT2D eigenvalue weighted by atomic mass is 14.7. The molecule has 0 fully saturated rings. The van der Waals surface area contributed by atoms with Crippen molar-refractivity contribution in [3.8, 4) is 0 Å². The van der Waals surface area contributed by atoms with E-state index in [1.807, 2.05) is 18.3 Å². The summed E-state index contributed by atoms with van der Waals surface area (Å²) < 4.78 is 0. The molecular weight excluding hydrogens is 158 g/mol. The smallest absolute Gasteiger partial charge is 0.0466 e. The molecule has 3 aromatic rings. The summed E-state index contributed by atoms with van der Waals surface area (Å²) in [6.07, 6.45) is 1.96. The van der Waals surface area contributed by atoms with Gasteiger partial charge in [-0.2, -0.15) is 0 Å². The SMILES string of the molecule is [c]1cc2[nH]ccc2c2ccccc12. The van der Waals surface area contributed by atoms with Gasteiger partial charge >= 0.3 is 0 Å². The van der Waals surface area contributed by atoms with Crippen LogP contribution in [0.5, 0.6) is 0 Å². The molecule has 1 N–H and O–H groups in total. The molecule has 13 heavy (non-hydrogen) atoms. The maximum Gasteiger partial charge on any atom is 0.0466 e. The van der Waals surface area contributed by atoms with Gasteiger partial charge in [0.1, 0.15) is 0 Å². The average Bonchev–Trinajstić information content (AvgIpc) is 2.65. The zero-order valence-electron chi connectivity index (χ0n) is 7.04. The van der Waals surface area contributed by atoms with E-state index in [0.717, 1.165) is 5.52 Å². The average molecular weight is 166 g/mol. The van der Waals surface area contributed by atoms with E-state index in [4.69, 9.17) is 0 Å². The molecule has 1 heteroatoms. The van der Waals surface area contributed by atoms with E-state index in [1.54, 1.807) is 0 Å². The fraction of sp³-hybridized carbons (Fsp3) is 0. The van der Waals surface area contributed by atoms with E-state index in [0.29, 0.717) is 0 Å². The van der Waals surface area contributed by atoms with Gasteiger partial charge < -0.3 is 4.98 Å². The molecule has 0 unspecified atom stereocenters. The van der Waals surface area contributed by atoms with Crippen molar-refractivity contribution in [3.05, 3.63) is 48.7 Å². The Kier molecular flexibility index (Phi) is 1.22. The summed E-state index contributed by atoms with van der Waals surface area (Å²) in [7, 11) is 0. The molecule has 0 bridgehead atoms. The molecule has 0 saturated carbocycles. The first kappa shape index (κ1) is 6.72. The van der Waals surface area contributed by atoms with Crippen LogP contribution in [-0.4, -0.2) is 4.98 Å². The third-order valence-corrected chi connectivity index (χ3v) is 2.37. The van der Waals surface area contributed by atoms with Gasteiger partial charge in [-0.1, -0.05) is 24.3 Å². The highest BCUT2D eigenvalue weighted by Gasteiger charge is 1.98. The van der Waals surface area contributed by atoms with E-state index < -0.39 is 0 Å². The molecule has 0 spiro atoms. The maximum atomic E-state index is 3.25. The van der Waals surface area contributed by atoms with Crippen LogP contribution in [0.4, 0.5) is 0 Å². The molecular formula is C12H8N. The maximum absolute atomic E-state index is 3.25. The predicted molar refractivity (Wildman–Crippen MR) is 54.6 cm³/mol. The Labute approximate surface area is 76.0 Å². The number of rotatable bonds is 0. The summed E-state index contributed by atoms with van der Waals surface area (Å²) in [4.78, 5) is 3.18. The Bertz CT molecular complexity index is 563. The van der Waals surface area contributed by atoms with E-state index in [-0.39, 0.29) is 0 Å². The van der Waals surface area contributed by atoms with Gasteiger partial charge in [0, 0.05) is 17.1 Å². The normalized spacial score (nSPS) is 11.1. The lowest BCUT2D eigenvalue weighted by Gasteiger charge is -1.97. The molecule has 0 amide bonds. The summed E-state index contributed by atoms with van der Waals surface area (Å²) in [6, 6.07) is 15.7. The second-order valence-corrected chi connectivity index (χ2v) is 3.14. The van der Waals surface area contributed by atoms with Crippen molar-refractivity contribution in [1.82, 2.24) is 4.98 Å². The monoisotopic (exact) mass is 166 g/mol. The molecule has 3 rings (SSSR count). The van der Waals surface area contributed by atoms with E-state index in [1.165, 1.54) is 16.2 Å². The summed E-state index contributed by atoms with van der Waals surface area (Å²) in [6.45, 7) is 0. The van der Waals surface area contributed by atoms with Gasteiger partial charge in [-0.25, -0.2) is 0 Å². The molecule has 61 valence electrons. The zero-order chi connectivity index (χ0) is 8.67. The summed E-state index contributed by atoms with van der Waals surface area (Å²) in [5.41, 5.74) is 1.15. The lowest BCUT2D eigenvalue weighted by atomic mass is 10.1. The summed E-state index contributed by atoms with van der Waals surface area (Å²) in [5, 5.41) is 3.71. The first-order valence-electron chi connectivity index (χ1n) is 4.32. The van der Waals surface area contributed by atoms with Crippen molar-refractivity contribution in [2.45, 2.75) is 0 Å². The number of benzene rings is 2. The molecule has 2 aromatic carbocycles. The molecule has 0 saturated heterocycles. The molecule has 1 aromatic heterocycles. The van der Waals surface area contributed by atoms with E-state index >= 15 is 0 Å². The first-order chi connectivity index (χ1) is 6.45. The number of hydrogen-bond acceptors (Lipinski definition) is 0. The third-order valence-electron chi connectivity index (χ3n) is 2.37. The van der Waals surface area contributed by atoms with Crippen LogP contribution in [0.15, 0.2) is 42.6 Å². The first-order valence-corrected chi connectivity index (χ1v) is 4.32. The zero-order valence-corrected chi connectivity index (χ0v) is 7.04. The molecule has 0 aliphatic rings. The van der Waals surface area contributed by atoms with Gasteiger partial charge in [0.25, 0.3) is 0 Å². The second-order valence-electron chi connectivity index (χ2n) is 3.14. The van der Waals surface area contributed by atoms with Crippen LogP contribution in [0.3, 0.4) is 0 Å². The van der Waals surface area contributed by atoms with Crippen molar-refractivity contribution in [3.63, 3.8) is 0 Å². The quantitative estimate of drug-likeness (QED) is 0.528. The fourth-order valence-corrected chi connectivity index (χ4v) is 1.73. The van der Waals surface area contributed by atoms with Crippen molar-refractivity contribution in [2.75, 3.05) is 0 Å². The van der Waals surface area contributed by atoms with Crippen molar-refractivity contribution < 1.29 is 0 Å². The molecule has 1 nitrogen and oxygen atoms in total.